The molecular formula is C17H17N3O3S. The summed E-state index contributed by atoms with van der Waals surface area (Å²) in [6, 6.07) is 6.49. The summed E-state index contributed by atoms with van der Waals surface area (Å²) in [5.41, 5.74) is 1.51. The van der Waals surface area contributed by atoms with Crippen molar-refractivity contribution in [2.24, 2.45) is 0 Å². The van der Waals surface area contributed by atoms with Crippen LogP contribution in [0.5, 0.6) is 11.6 Å². The minimum Gasteiger partial charge on any atom is -0.508 e. The summed E-state index contributed by atoms with van der Waals surface area (Å²) in [4.78, 5) is 24.2. The molecule has 1 aromatic carbocycles. The van der Waals surface area contributed by atoms with E-state index in [-0.39, 0.29) is 11.7 Å². The Labute approximate surface area is 143 Å². The highest BCUT2D eigenvalue weighted by atomic mass is 32.1. The predicted molar refractivity (Wildman–Crippen MR) is 94.2 cm³/mol. The number of hydrogen-bond acceptors (Lipinski definition) is 6. The van der Waals surface area contributed by atoms with Gasteiger partial charge in [-0.2, -0.15) is 0 Å². The number of hydrogen-bond donors (Lipinski definition) is 1. The number of benzene rings is 1. The molecule has 1 N–H and O–H groups in total. The molecule has 0 aliphatic rings. The Morgan fingerprint density at radius 2 is 2.00 bits per heavy atom. The lowest BCUT2D eigenvalue weighted by molar-refractivity contribution is 0.0996. The van der Waals surface area contributed by atoms with Gasteiger partial charge in [-0.1, -0.05) is 0 Å². The molecule has 3 rings (SSSR count). The maximum atomic E-state index is 12.9. The summed E-state index contributed by atoms with van der Waals surface area (Å²) in [5.74, 6) is 0.528. The highest BCUT2D eigenvalue weighted by Crippen LogP contribution is 2.35. The molecule has 24 heavy (non-hydrogen) atoms. The fourth-order valence-electron chi connectivity index (χ4n) is 2.44. The monoisotopic (exact) mass is 343 g/mol. The number of carbonyl (C=O) groups excluding carboxylic acids is 1. The zero-order valence-corrected chi connectivity index (χ0v) is 14.4. The second-order valence-electron chi connectivity index (χ2n) is 5.23. The minimum atomic E-state index is -0.136. The van der Waals surface area contributed by atoms with Gasteiger partial charge in [0.25, 0.3) is 5.91 Å². The van der Waals surface area contributed by atoms with Crippen LogP contribution in [0.4, 0.5) is 5.69 Å². The Morgan fingerprint density at radius 3 is 2.67 bits per heavy atom. The van der Waals surface area contributed by atoms with Crippen molar-refractivity contribution >= 4 is 33.1 Å². The van der Waals surface area contributed by atoms with Crippen molar-refractivity contribution in [3.63, 3.8) is 0 Å². The van der Waals surface area contributed by atoms with Crippen molar-refractivity contribution in [2.45, 2.75) is 13.8 Å². The van der Waals surface area contributed by atoms with Gasteiger partial charge in [0.15, 0.2) is 0 Å². The number of amides is 1. The van der Waals surface area contributed by atoms with Crippen molar-refractivity contribution in [1.29, 1.82) is 0 Å². The first-order valence-electron chi connectivity index (χ1n) is 7.47. The van der Waals surface area contributed by atoms with Crippen LogP contribution < -0.4 is 9.64 Å². The van der Waals surface area contributed by atoms with Crippen LogP contribution in [-0.2, 0) is 0 Å². The number of thiophene rings is 1. The van der Waals surface area contributed by atoms with E-state index >= 15 is 0 Å². The van der Waals surface area contributed by atoms with Gasteiger partial charge in [-0.3, -0.25) is 4.79 Å². The molecule has 0 atom stereocenters. The maximum absolute atomic E-state index is 12.9. The first-order chi connectivity index (χ1) is 11.5. The van der Waals surface area contributed by atoms with Crippen molar-refractivity contribution in [3.05, 3.63) is 41.0 Å². The van der Waals surface area contributed by atoms with Gasteiger partial charge in [-0.25, -0.2) is 9.97 Å². The summed E-state index contributed by atoms with van der Waals surface area (Å²) in [6.07, 6.45) is 1.45. The van der Waals surface area contributed by atoms with Crippen LogP contribution in [0.25, 0.3) is 10.2 Å². The minimum absolute atomic E-state index is 0.136. The number of fused-ring (bicyclic) bond motifs is 1. The van der Waals surface area contributed by atoms with E-state index in [1.807, 2.05) is 13.8 Å². The number of phenols is 1. The molecule has 0 saturated carbocycles. The molecule has 6 nitrogen and oxygen atoms in total. The van der Waals surface area contributed by atoms with Crippen LogP contribution in [0.3, 0.4) is 0 Å². The Bertz CT molecular complexity index is 890. The number of aromatic nitrogens is 2. The van der Waals surface area contributed by atoms with Crippen molar-refractivity contribution in [2.75, 3.05) is 18.6 Å². The number of rotatable bonds is 4. The first kappa shape index (κ1) is 16.2. The number of ether oxygens (including phenoxy) is 1. The van der Waals surface area contributed by atoms with E-state index < -0.39 is 0 Å². The molecule has 3 aromatic rings. The van der Waals surface area contributed by atoms with E-state index in [2.05, 4.69) is 9.97 Å². The summed E-state index contributed by atoms with van der Waals surface area (Å²) < 4.78 is 5.55. The van der Waals surface area contributed by atoms with Gasteiger partial charge in [-0.05, 0) is 43.7 Å². The third-order valence-corrected chi connectivity index (χ3v) is 4.90. The summed E-state index contributed by atoms with van der Waals surface area (Å²) >= 11 is 1.33. The molecule has 0 aliphatic heterocycles. The fraction of sp³-hybridized carbons (Fsp3) is 0.235. The average molecular weight is 343 g/mol. The Balaban J connectivity index is 2.02. The Hall–Kier alpha value is -2.67. The number of phenolic OH excluding ortho intramolecular Hbond substituents is 1. The van der Waals surface area contributed by atoms with Gasteiger partial charge < -0.3 is 14.7 Å². The van der Waals surface area contributed by atoms with E-state index in [0.717, 1.165) is 15.8 Å². The van der Waals surface area contributed by atoms with Crippen molar-refractivity contribution in [1.82, 2.24) is 9.97 Å². The highest BCUT2D eigenvalue weighted by Gasteiger charge is 2.23. The second-order valence-corrected chi connectivity index (χ2v) is 6.23. The number of aryl methyl sites for hydroxylation is 1. The van der Waals surface area contributed by atoms with E-state index in [1.165, 1.54) is 17.7 Å². The molecule has 7 heteroatoms. The van der Waals surface area contributed by atoms with Gasteiger partial charge in [0.2, 0.25) is 5.88 Å². The summed E-state index contributed by atoms with van der Waals surface area (Å²) in [6.45, 7) is 4.26. The molecule has 0 aliphatic carbocycles. The fourth-order valence-corrected chi connectivity index (χ4v) is 3.55. The number of anilines is 1. The van der Waals surface area contributed by atoms with Gasteiger partial charge in [0.1, 0.15) is 16.9 Å². The standard InChI is InChI=1S/C17H17N3O3S/c1-4-23-15-13-10(2)14(24-16(13)19-9-18-15)17(22)20(3)11-5-7-12(21)8-6-11/h5-9,21H,4H2,1-3H3. The number of nitrogens with zero attached hydrogens (tertiary/aromatic N) is 3. The van der Waals surface area contributed by atoms with Crippen LogP contribution in [0.15, 0.2) is 30.6 Å². The zero-order chi connectivity index (χ0) is 17.3. The van der Waals surface area contributed by atoms with E-state index in [4.69, 9.17) is 4.74 Å². The SMILES string of the molecule is CCOc1ncnc2sc(C(=O)N(C)c3ccc(O)cc3)c(C)c12. The van der Waals surface area contributed by atoms with Crippen molar-refractivity contribution < 1.29 is 14.6 Å². The Kier molecular flexibility index (Phi) is 4.35. The largest absolute Gasteiger partial charge is 0.508 e. The number of carbonyl (C=O) groups is 1. The molecule has 2 aromatic heterocycles. The molecule has 0 spiro atoms. The highest BCUT2D eigenvalue weighted by molar-refractivity contribution is 7.20. The molecule has 0 fully saturated rings. The molecule has 0 bridgehead atoms. The molecule has 0 radical (unpaired) electrons. The lowest BCUT2D eigenvalue weighted by Gasteiger charge is -2.17. The lowest BCUT2D eigenvalue weighted by atomic mass is 10.2. The molecular weight excluding hydrogens is 326 g/mol. The van der Waals surface area contributed by atoms with Crippen LogP contribution in [-0.4, -0.2) is 34.6 Å². The topological polar surface area (TPSA) is 75.6 Å². The van der Waals surface area contributed by atoms with Gasteiger partial charge in [0, 0.05) is 12.7 Å². The van der Waals surface area contributed by atoms with Crippen LogP contribution in [0.1, 0.15) is 22.2 Å². The first-order valence-corrected chi connectivity index (χ1v) is 8.28. The molecule has 0 saturated heterocycles. The second kappa shape index (κ2) is 6.45. The van der Waals surface area contributed by atoms with Crippen LogP contribution in [0, 0.1) is 6.92 Å². The molecule has 1 amide bonds. The third-order valence-electron chi connectivity index (χ3n) is 3.71. The van der Waals surface area contributed by atoms with Gasteiger partial charge in [-0.15, -0.1) is 11.3 Å². The quantitative estimate of drug-likeness (QED) is 0.786. The smallest absolute Gasteiger partial charge is 0.268 e. The molecule has 0 unspecified atom stereocenters. The normalized spacial score (nSPS) is 10.8. The van der Waals surface area contributed by atoms with Crippen LogP contribution >= 0.6 is 11.3 Å². The predicted octanol–water partition coefficient (Wildman–Crippen LogP) is 3.38. The lowest BCUT2D eigenvalue weighted by Crippen LogP contribution is -2.25. The van der Waals surface area contributed by atoms with Crippen LogP contribution in [0.2, 0.25) is 0 Å². The maximum Gasteiger partial charge on any atom is 0.268 e. The summed E-state index contributed by atoms with van der Waals surface area (Å²) in [7, 11) is 1.70. The third kappa shape index (κ3) is 2.78. The van der Waals surface area contributed by atoms with Crippen molar-refractivity contribution in [3.8, 4) is 11.6 Å². The van der Waals surface area contributed by atoms with Gasteiger partial charge >= 0.3 is 0 Å². The van der Waals surface area contributed by atoms with Gasteiger partial charge in [0.05, 0.1) is 16.9 Å². The van der Waals surface area contributed by atoms with E-state index in [1.54, 1.807) is 36.2 Å². The number of aromatic hydroxyl groups is 1. The molecule has 2 heterocycles. The molecule has 124 valence electrons. The Morgan fingerprint density at radius 1 is 1.29 bits per heavy atom. The summed E-state index contributed by atoms with van der Waals surface area (Å²) in [5, 5.41) is 10.2. The zero-order valence-electron chi connectivity index (χ0n) is 13.6. The average Bonchev–Trinajstić information content (AvgIpc) is 2.92. The van der Waals surface area contributed by atoms with E-state index in [0.29, 0.717) is 23.1 Å². The van der Waals surface area contributed by atoms with E-state index in [9.17, 15) is 9.90 Å².